The van der Waals surface area contributed by atoms with Gasteiger partial charge >= 0.3 is 0 Å². The van der Waals surface area contributed by atoms with Crippen LogP contribution in [-0.2, 0) is 0 Å². The summed E-state index contributed by atoms with van der Waals surface area (Å²) >= 11 is 3.36. The monoisotopic (exact) mass is 312 g/mol. The highest BCUT2D eigenvalue weighted by Gasteiger charge is 2.15. The van der Waals surface area contributed by atoms with Gasteiger partial charge in [-0.15, -0.1) is 0 Å². The molecule has 4 heteroatoms. The summed E-state index contributed by atoms with van der Waals surface area (Å²) in [7, 11) is 0. The highest BCUT2D eigenvalue weighted by atomic mass is 79.9. The highest BCUT2D eigenvalue weighted by Crippen LogP contribution is 2.23. The lowest BCUT2D eigenvalue weighted by Crippen LogP contribution is -2.05. The molecule has 0 aliphatic rings. The second-order valence-corrected chi connectivity index (χ2v) is 4.92. The van der Waals surface area contributed by atoms with Crippen LogP contribution in [0.2, 0.25) is 0 Å². The standard InChI is InChI=1S/C15H9BrN2O/c16-13-5-2-7-18-14(13)15(19)12-4-1-3-10-9-17-8-6-11(10)12/h1-9H. The molecule has 0 bridgehead atoms. The summed E-state index contributed by atoms with van der Waals surface area (Å²) < 4.78 is 0.700. The molecule has 2 aromatic heterocycles. The zero-order chi connectivity index (χ0) is 13.2. The second kappa shape index (κ2) is 4.90. The van der Waals surface area contributed by atoms with Crippen molar-refractivity contribution in [2.75, 3.05) is 0 Å². The summed E-state index contributed by atoms with van der Waals surface area (Å²) in [6.45, 7) is 0. The number of carbonyl (C=O) groups excluding carboxylic acids is 1. The first-order valence-electron chi connectivity index (χ1n) is 5.75. The van der Waals surface area contributed by atoms with Crippen molar-refractivity contribution < 1.29 is 4.79 Å². The van der Waals surface area contributed by atoms with Crippen LogP contribution in [0.4, 0.5) is 0 Å². The minimum absolute atomic E-state index is 0.0933. The number of halogens is 1. The molecule has 0 aliphatic carbocycles. The van der Waals surface area contributed by atoms with Gasteiger partial charge in [-0.05, 0) is 39.5 Å². The normalized spacial score (nSPS) is 10.6. The summed E-state index contributed by atoms with van der Waals surface area (Å²) in [6, 6.07) is 11.0. The Morgan fingerprint density at radius 2 is 1.95 bits per heavy atom. The quantitative estimate of drug-likeness (QED) is 0.679. The van der Waals surface area contributed by atoms with E-state index >= 15 is 0 Å². The van der Waals surface area contributed by atoms with Crippen LogP contribution in [0.25, 0.3) is 10.8 Å². The maximum Gasteiger partial charge on any atom is 0.213 e. The number of rotatable bonds is 2. The number of pyridine rings is 2. The Labute approximate surface area is 118 Å². The Morgan fingerprint density at radius 3 is 2.79 bits per heavy atom. The van der Waals surface area contributed by atoms with E-state index in [1.165, 1.54) is 0 Å². The van der Waals surface area contributed by atoms with Crippen LogP contribution in [-0.4, -0.2) is 15.8 Å². The van der Waals surface area contributed by atoms with Gasteiger partial charge in [0.05, 0.1) is 0 Å². The molecule has 0 unspecified atom stereocenters. The lowest BCUT2D eigenvalue weighted by molar-refractivity contribution is 0.103. The molecule has 0 spiro atoms. The third-order valence-electron chi connectivity index (χ3n) is 2.90. The number of hydrogen-bond donors (Lipinski definition) is 0. The molecule has 0 N–H and O–H groups in total. The van der Waals surface area contributed by atoms with Gasteiger partial charge in [0.15, 0.2) is 0 Å². The lowest BCUT2D eigenvalue weighted by atomic mass is 10.0. The SMILES string of the molecule is O=C(c1ncccc1Br)c1cccc2cnccc12. The number of hydrogen-bond acceptors (Lipinski definition) is 3. The fourth-order valence-electron chi connectivity index (χ4n) is 2.00. The molecule has 19 heavy (non-hydrogen) atoms. The first kappa shape index (κ1) is 12.0. The van der Waals surface area contributed by atoms with Crippen LogP contribution in [0, 0.1) is 0 Å². The highest BCUT2D eigenvalue weighted by molar-refractivity contribution is 9.10. The minimum Gasteiger partial charge on any atom is -0.287 e. The van der Waals surface area contributed by atoms with E-state index < -0.39 is 0 Å². The van der Waals surface area contributed by atoms with Gasteiger partial charge in [-0.1, -0.05) is 18.2 Å². The van der Waals surface area contributed by atoms with Gasteiger partial charge in [-0.3, -0.25) is 14.8 Å². The number of ketones is 1. The van der Waals surface area contributed by atoms with E-state index in [-0.39, 0.29) is 5.78 Å². The van der Waals surface area contributed by atoms with E-state index in [9.17, 15) is 4.79 Å². The zero-order valence-electron chi connectivity index (χ0n) is 9.88. The third-order valence-corrected chi connectivity index (χ3v) is 3.54. The first-order chi connectivity index (χ1) is 9.27. The number of benzene rings is 1. The molecule has 0 radical (unpaired) electrons. The number of aromatic nitrogens is 2. The first-order valence-corrected chi connectivity index (χ1v) is 6.54. The lowest BCUT2D eigenvalue weighted by Gasteiger charge is -2.06. The second-order valence-electron chi connectivity index (χ2n) is 4.07. The van der Waals surface area contributed by atoms with Crippen molar-refractivity contribution in [3.05, 3.63) is 70.7 Å². The van der Waals surface area contributed by atoms with Gasteiger partial charge in [0, 0.05) is 34.0 Å². The van der Waals surface area contributed by atoms with Crippen LogP contribution >= 0.6 is 15.9 Å². The molecule has 3 aromatic rings. The zero-order valence-corrected chi connectivity index (χ0v) is 11.5. The molecule has 2 heterocycles. The van der Waals surface area contributed by atoms with Gasteiger partial charge < -0.3 is 0 Å². The Bertz CT molecular complexity index is 765. The summed E-state index contributed by atoms with van der Waals surface area (Å²) in [5, 5.41) is 1.83. The van der Waals surface area contributed by atoms with Crippen molar-refractivity contribution in [1.29, 1.82) is 0 Å². The topological polar surface area (TPSA) is 42.9 Å². The van der Waals surface area contributed by atoms with Gasteiger partial charge in [-0.25, -0.2) is 0 Å². The van der Waals surface area contributed by atoms with Crippen LogP contribution in [0.1, 0.15) is 16.1 Å². The summed E-state index contributed by atoms with van der Waals surface area (Å²) in [5.74, 6) is -0.0933. The Morgan fingerprint density at radius 1 is 1.05 bits per heavy atom. The van der Waals surface area contributed by atoms with E-state index in [4.69, 9.17) is 0 Å². The maximum absolute atomic E-state index is 12.6. The predicted molar refractivity (Wildman–Crippen MR) is 77.1 cm³/mol. The van der Waals surface area contributed by atoms with E-state index in [0.29, 0.717) is 15.7 Å². The maximum atomic E-state index is 12.6. The average Bonchev–Trinajstić information content (AvgIpc) is 2.46. The number of nitrogens with zero attached hydrogens (tertiary/aromatic N) is 2. The summed E-state index contributed by atoms with van der Waals surface area (Å²) in [6.07, 6.45) is 5.05. The molecular formula is C15H9BrN2O. The van der Waals surface area contributed by atoms with Gasteiger partial charge in [0.2, 0.25) is 5.78 Å². The molecule has 3 nitrogen and oxygen atoms in total. The predicted octanol–water partition coefficient (Wildman–Crippen LogP) is 3.62. The average molecular weight is 313 g/mol. The summed E-state index contributed by atoms with van der Waals surface area (Å²) in [5.41, 5.74) is 1.06. The molecule has 1 aromatic carbocycles. The molecule has 0 saturated heterocycles. The molecule has 0 amide bonds. The number of carbonyl (C=O) groups is 1. The third kappa shape index (κ3) is 2.15. The Balaban J connectivity index is 2.20. The molecular weight excluding hydrogens is 304 g/mol. The molecule has 3 rings (SSSR count). The molecule has 0 saturated carbocycles. The molecule has 92 valence electrons. The van der Waals surface area contributed by atoms with Crippen LogP contribution in [0.5, 0.6) is 0 Å². The smallest absolute Gasteiger partial charge is 0.213 e. The number of fused-ring (bicyclic) bond motifs is 1. The molecule has 0 fully saturated rings. The van der Waals surface area contributed by atoms with E-state index in [0.717, 1.165) is 10.8 Å². The van der Waals surface area contributed by atoms with Crippen molar-refractivity contribution in [3.8, 4) is 0 Å². The molecule has 0 atom stereocenters. The van der Waals surface area contributed by atoms with Crippen molar-refractivity contribution in [3.63, 3.8) is 0 Å². The van der Waals surface area contributed by atoms with Crippen molar-refractivity contribution in [2.24, 2.45) is 0 Å². The fraction of sp³-hybridized carbons (Fsp3) is 0. The van der Waals surface area contributed by atoms with Crippen molar-refractivity contribution >= 4 is 32.5 Å². The van der Waals surface area contributed by atoms with Crippen LogP contribution in [0.15, 0.2) is 59.5 Å². The molecule has 0 aliphatic heterocycles. The Hall–Kier alpha value is -2.07. The van der Waals surface area contributed by atoms with Crippen LogP contribution in [0.3, 0.4) is 0 Å². The van der Waals surface area contributed by atoms with Crippen molar-refractivity contribution in [2.45, 2.75) is 0 Å². The van der Waals surface area contributed by atoms with Crippen molar-refractivity contribution in [1.82, 2.24) is 9.97 Å². The van der Waals surface area contributed by atoms with E-state index in [1.54, 1.807) is 24.7 Å². The van der Waals surface area contributed by atoms with Gasteiger partial charge in [0.25, 0.3) is 0 Å². The van der Waals surface area contributed by atoms with E-state index in [2.05, 4.69) is 25.9 Å². The fourth-order valence-corrected chi connectivity index (χ4v) is 2.44. The van der Waals surface area contributed by atoms with Gasteiger partial charge in [0.1, 0.15) is 5.69 Å². The summed E-state index contributed by atoms with van der Waals surface area (Å²) in [4.78, 5) is 20.8. The minimum atomic E-state index is -0.0933. The Kier molecular flexibility index (Phi) is 3.09. The van der Waals surface area contributed by atoms with E-state index in [1.807, 2.05) is 30.3 Å². The van der Waals surface area contributed by atoms with Gasteiger partial charge in [-0.2, -0.15) is 0 Å². The largest absolute Gasteiger partial charge is 0.287 e. The van der Waals surface area contributed by atoms with Crippen LogP contribution < -0.4 is 0 Å².